The maximum Gasteiger partial charge on any atom is 0.338 e. The van der Waals surface area contributed by atoms with Crippen LogP contribution in [0.3, 0.4) is 0 Å². The summed E-state index contributed by atoms with van der Waals surface area (Å²) >= 11 is 0. The Morgan fingerprint density at radius 1 is 1.33 bits per heavy atom. The van der Waals surface area contributed by atoms with Gasteiger partial charge in [-0.25, -0.2) is 9.59 Å². The second-order valence-corrected chi connectivity index (χ2v) is 2.79. The zero-order valence-corrected chi connectivity index (χ0v) is 8.06. The summed E-state index contributed by atoms with van der Waals surface area (Å²) in [5.74, 6) is -1.85. The van der Waals surface area contributed by atoms with E-state index in [0.717, 1.165) is 0 Å². The van der Waals surface area contributed by atoms with Gasteiger partial charge in [0.25, 0.3) is 0 Å². The highest BCUT2D eigenvalue weighted by molar-refractivity contribution is 5.97. The molecule has 0 aliphatic heterocycles. The van der Waals surface area contributed by atoms with Crippen LogP contribution in [0.5, 0.6) is 0 Å². The number of aromatic carboxylic acids is 1. The molecule has 0 aliphatic carbocycles. The number of hydrogen-bond acceptors (Lipinski definition) is 4. The molecule has 0 fully saturated rings. The van der Waals surface area contributed by atoms with Gasteiger partial charge >= 0.3 is 11.9 Å². The van der Waals surface area contributed by atoms with Gasteiger partial charge < -0.3 is 14.9 Å². The number of methoxy groups -OCH3 is 1. The molecule has 0 unspecified atom stereocenters. The standard InChI is InChI=1S/C10H10O5/c1-15-10(14)7-4-2-3-6(9(12)13)8(7)5-11/h2-4,11H,5H2,1H3,(H,12,13). The van der Waals surface area contributed by atoms with Crippen LogP contribution >= 0.6 is 0 Å². The van der Waals surface area contributed by atoms with Crippen molar-refractivity contribution in [3.8, 4) is 0 Å². The van der Waals surface area contributed by atoms with Crippen molar-refractivity contribution in [3.63, 3.8) is 0 Å². The molecular formula is C10H10O5. The number of esters is 1. The quantitative estimate of drug-likeness (QED) is 0.716. The second-order valence-electron chi connectivity index (χ2n) is 2.79. The molecule has 0 aliphatic rings. The third kappa shape index (κ3) is 2.13. The third-order valence-corrected chi connectivity index (χ3v) is 1.97. The van der Waals surface area contributed by atoms with E-state index < -0.39 is 18.5 Å². The second kappa shape index (κ2) is 4.56. The number of carbonyl (C=O) groups excluding carboxylic acids is 1. The smallest absolute Gasteiger partial charge is 0.338 e. The number of carbonyl (C=O) groups is 2. The average molecular weight is 210 g/mol. The van der Waals surface area contributed by atoms with Crippen LogP contribution < -0.4 is 0 Å². The molecule has 1 aromatic carbocycles. The fraction of sp³-hybridized carbons (Fsp3) is 0.200. The summed E-state index contributed by atoms with van der Waals surface area (Å²) in [4.78, 5) is 22.0. The first kappa shape index (κ1) is 11.2. The lowest BCUT2D eigenvalue weighted by atomic mass is 10.0. The van der Waals surface area contributed by atoms with E-state index in [9.17, 15) is 9.59 Å². The van der Waals surface area contributed by atoms with Crippen molar-refractivity contribution in [2.45, 2.75) is 6.61 Å². The lowest BCUT2D eigenvalue weighted by Crippen LogP contribution is -2.11. The number of ether oxygens (including phenoxy) is 1. The van der Waals surface area contributed by atoms with E-state index in [0.29, 0.717) is 0 Å². The van der Waals surface area contributed by atoms with Crippen LogP contribution in [0.15, 0.2) is 18.2 Å². The Morgan fingerprint density at radius 2 is 1.93 bits per heavy atom. The first-order valence-electron chi connectivity index (χ1n) is 4.16. The summed E-state index contributed by atoms with van der Waals surface area (Å²) in [7, 11) is 1.19. The van der Waals surface area contributed by atoms with Gasteiger partial charge in [-0.3, -0.25) is 0 Å². The minimum absolute atomic E-state index is 0.0665. The predicted molar refractivity (Wildman–Crippen MR) is 50.7 cm³/mol. The average Bonchev–Trinajstić information content (AvgIpc) is 2.26. The van der Waals surface area contributed by atoms with Crippen LogP contribution in [0, 0.1) is 0 Å². The normalized spacial score (nSPS) is 9.73. The topological polar surface area (TPSA) is 83.8 Å². The van der Waals surface area contributed by atoms with Gasteiger partial charge in [-0.15, -0.1) is 0 Å². The molecule has 0 saturated carbocycles. The van der Waals surface area contributed by atoms with Crippen molar-refractivity contribution < 1.29 is 24.5 Å². The Kier molecular flexibility index (Phi) is 3.41. The lowest BCUT2D eigenvalue weighted by molar-refractivity contribution is 0.0597. The van der Waals surface area contributed by atoms with Crippen molar-refractivity contribution in [1.82, 2.24) is 0 Å². The molecule has 5 nitrogen and oxygen atoms in total. The fourth-order valence-electron chi connectivity index (χ4n) is 1.26. The summed E-state index contributed by atoms with van der Waals surface area (Å²) in [6.45, 7) is -0.521. The number of aliphatic hydroxyl groups is 1. The number of carboxylic acids is 1. The molecular weight excluding hydrogens is 200 g/mol. The monoisotopic (exact) mass is 210 g/mol. The molecule has 1 aromatic rings. The highest BCUT2D eigenvalue weighted by atomic mass is 16.5. The highest BCUT2D eigenvalue weighted by Gasteiger charge is 2.17. The molecule has 0 atom stereocenters. The van der Waals surface area contributed by atoms with Crippen LogP contribution in [-0.2, 0) is 11.3 Å². The largest absolute Gasteiger partial charge is 0.478 e. The van der Waals surface area contributed by atoms with Crippen LogP contribution in [0.2, 0.25) is 0 Å². The fourth-order valence-corrected chi connectivity index (χ4v) is 1.26. The number of aliphatic hydroxyl groups excluding tert-OH is 1. The van der Waals surface area contributed by atoms with Crippen LogP contribution in [-0.4, -0.2) is 29.3 Å². The number of hydrogen-bond donors (Lipinski definition) is 2. The zero-order valence-electron chi connectivity index (χ0n) is 8.06. The minimum atomic E-state index is -1.19. The summed E-state index contributed by atoms with van der Waals surface area (Å²) < 4.78 is 4.47. The first-order chi connectivity index (χ1) is 7.11. The van der Waals surface area contributed by atoms with Crippen molar-refractivity contribution in [1.29, 1.82) is 0 Å². The van der Waals surface area contributed by atoms with E-state index in [1.807, 2.05) is 0 Å². The molecule has 1 rings (SSSR count). The van der Waals surface area contributed by atoms with Gasteiger partial charge in [-0.2, -0.15) is 0 Å². The maximum absolute atomic E-state index is 11.2. The number of rotatable bonds is 3. The Balaban J connectivity index is 3.34. The van der Waals surface area contributed by atoms with Gasteiger partial charge in [-0.1, -0.05) is 6.07 Å². The predicted octanol–water partition coefficient (Wildman–Crippen LogP) is 0.664. The van der Waals surface area contributed by atoms with Gasteiger partial charge in [0, 0.05) is 5.56 Å². The van der Waals surface area contributed by atoms with E-state index in [2.05, 4.69) is 4.74 Å². The molecule has 0 heterocycles. The molecule has 0 radical (unpaired) electrons. The molecule has 5 heteroatoms. The van der Waals surface area contributed by atoms with Gasteiger partial charge in [-0.05, 0) is 12.1 Å². The lowest BCUT2D eigenvalue weighted by Gasteiger charge is -2.08. The van der Waals surface area contributed by atoms with E-state index >= 15 is 0 Å². The molecule has 0 amide bonds. The summed E-state index contributed by atoms with van der Waals surface area (Å²) in [6.07, 6.45) is 0. The molecule has 0 spiro atoms. The summed E-state index contributed by atoms with van der Waals surface area (Å²) in [6, 6.07) is 4.15. The summed E-state index contributed by atoms with van der Waals surface area (Å²) in [5, 5.41) is 17.8. The van der Waals surface area contributed by atoms with E-state index in [1.165, 1.54) is 25.3 Å². The molecule has 0 saturated heterocycles. The van der Waals surface area contributed by atoms with Gasteiger partial charge in [0.15, 0.2) is 0 Å². The van der Waals surface area contributed by atoms with E-state index in [-0.39, 0.29) is 16.7 Å². The van der Waals surface area contributed by atoms with Gasteiger partial charge in [0.05, 0.1) is 24.8 Å². The molecule has 0 bridgehead atoms. The Hall–Kier alpha value is -1.88. The Morgan fingerprint density at radius 3 is 2.40 bits per heavy atom. The van der Waals surface area contributed by atoms with E-state index in [4.69, 9.17) is 10.2 Å². The summed E-state index contributed by atoms with van der Waals surface area (Å²) in [5.41, 5.74) is 0.0390. The Bertz CT molecular complexity index is 397. The van der Waals surface area contributed by atoms with Gasteiger partial charge in [0.2, 0.25) is 0 Å². The molecule has 0 aromatic heterocycles. The maximum atomic E-state index is 11.2. The van der Waals surface area contributed by atoms with Crippen molar-refractivity contribution in [2.24, 2.45) is 0 Å². The van der Waals surface area contributed by atoms with Crippen molar-refractivity contribution in [3.05, 3.63) is 34.9 Å². The molecule has 2 N–H and O–H groups in total. The third-order valence-electron chi connectivity index (χ3n) is 1.97. The highest BCUT2D eigenvalue weighted by Crippen LogP contribution is 2.16. The van der Waals surface area contributed by atoms with Gasteiger partial charge in [0.1, 0.15) is 0 Å². The number of carboxylic acid groups (broad SMARTS) is 1. The molecule has 15 heavy (non-hydrogen) atoms. The number of benzene rings is 1. The van der Waals surface area contributed by atoms with Crippen molar-refractivity contribution >= 4 is 11.9 Å². The van der Waals surface area contributed by atoms with Crippen molar-refractivity contribution in [2.75, 3.05) is 7.11 Å². The van der Waals surface area contributed by atoms with Crippen LogP contribution in [0.1, 0.15) is 26.3 Å². The van der Waals surface area contributed by atoms with Crippen LogP contribution in [0.25, 0.3) is 0 Å². The molecule has 80 valence electrons. The van der Waals surface area contributed by atoms with Crippen LogP contribution in [0.4, 0.5) is 0 Å². The van der Waals surface area contributed by atoms with E-state index in [1.54, 1.807) is 0 Å². The Labute approximate surface area is 85.9 Å². The first-order valence-corrected chi connectivity index (χ1v) is 4.16. The zero-order chi connectivity index (χ0) is 11.4. The SMILES string of the molecule is COC(=O)c1cccc(C(=O)O)c1CO. The minimum Gasteiger partial charge on any atom is -0.478 e.